The summed E-state index contributed by atoms with van der Waals surface area (Å²) < 4.78 is 27.6. The Morgan fingerprint density at radius 2 is 1.72 bits per heavy atom. The molecule has 32 heavy (non-hydrogen) atoms. The lowest BCUT2D eigenvalue weighted by atomic mass is 9.97. The molecule has 2 N–H and O–H groups in total. The molecule has 0 saturated carbocycles. The SMILES string of the molecule is CC(=O)Nc1ccc(NC(=O)C2CCN(S(=O)(=O)c3ccc4c(c3)CCC4)CC2)cc1Cl. The van der Waals surface area contributed by atoms with Crippen molar-refractivity contribution in [3.8, 4) is 0 Å². The van der Waals surface area contributed by atoms with Gasteiger partial charge in [0.05, 0.1) is 15.6 Å². The number of aryl methyl sites for hydroxylation is 2. The van der Waals surface area contributed by atoms with Gasteiger partial charge in [-0.05, 0) is 73.6 Å². The molecule has 0 radical (unpaired) electrons. The predicted molar refractivity (Wildman–Crippen MR) is 124 cm³/mol. The van der Waals surface area contributed by atoms with Gasteiger partial charge in [-0.1, -0.05) is 17.7 Å². The number of carbonyl (C=O) groups is 2. The number of amides is 2. The summed E-state index contributed by atoms with van der Waals surface area (Å²) in [6.45, 7) is 2.00. The third-order valence-electron chi connectivity index (χ3n) is 6.08. The zero-order valence-electron chi connectivity index (χ0n) is 17.9. The van der Waals surface area contributed by atoms with E-state index >= 15 is 0 Å². The average molecular weight is 476 g/mol. The minimum atomic E-state index is -3.56. The molecule has 0 atom stereocenters. The molecule has 1 heterocycles. The van der Waals surface area contributed by atoms with Crippen molar-refractivity contribution in [3.05, 3.63) is 52.5 Å². The Morgan fingerprint density at radius 1 is 1.00 bits per heavy atom. The lowest BCUT2D eigenvalue weighted by Crippen LogP contribution is -2.41. The average Bonchev–Trinajstić information content (AvgIpc) is 3.23. The van der Waals surface area contributed by atoms with Crippen molar-refractivity contribution in [1.82, 2.24) is 4.31 Å². The Bertz CT molecular complexity index is 1160. The molecule has 2 aromatic rings. The Morgan fingerprint density at radius 3 is 2.41 bits per heavy atom. The van der Waals surface area contributed by atoms with Gasteiger partial charge in [0, 0.05) is 31.6 Å². The van der Waals surface area contributed by atoms with Crippen LogP contribution in [0.3, 0.4) is 0 Å². The number of sulfonamides is 1. The molecule has 2 aromatic carbocycles. The molecule has 1 fully saturated rings. The molecule has 1 aliphatic heterocycles. The molecule has 0 unspecified atom stereocenters. The first-order valence-electron chi connectivity index (χ1n) is 10.7. The summed E-state index contributed by atoms with van der Waals surface area (Å²) in [5, 5.41) is 5.79. The van der Waals surface area contributed by atoms with Gasteiger partial charge in [-0.15, -0.1) is 0 Å². The molecule has 7 nitrogen and oxygen atoms in total. The Balaban J connectivity index is 1.36. The van der Waals surface area contributed by atoms with Gasteiger partial charge in [-0.25, -0.2) is 8.42 Å². The number of nitrogens with one attached hydrogen (secondary N) is 2. The maximum Gasteiger partial charge on any atom is 0.243 e. The standard InChI is InChI=1S/C23H26ClN3O4S/c1-15(28)25-22-8-6-19(14-21(22)24)26-23(29)17-9-11-27(12-10-17)32(30,31)20-7-5-16-3-2-4-18(16)13-20/h5-8,13-14,17H,2-4,9-12H2,1H3,(H,25,28)(H,26,29). The van der Waals surface area contributed by atoms with E-state index in [2.05, 4.69) is 10.6 Å². The van der Waals surface area contributed by atoms with Crippen LogP contribution in [0.1, 0.15) is 37.3 Å². The summed E-state index contributed by atoms with van der Waals surface area (Å²) >= 11 is 6.17. The second kappa shape index (κ2) is 9.21. The van der Waals surface area contributed by atoms with E-state index in [9.17, 15) is 18.0 Å². The van der Waals surface area contributed by atoms with E-state index in [4.69, 9.17) is 11.6 Å². The van der Waals surface area contributed by atoms with Crippen molar-refractivity contribution in [2.24, 2.45) is 5.92 Å². The van der Waals surface area contributed by atoms with Crippen molar-refractivity contribution in [2.75, 3.05) is 23.7 Å². The van der Waals surface area contributed by atoms with Gasteiger partial charge in [0.15, 0.2) is 0 Å². The van der Waals surface area contributed by atoms with Crippen molar-refractivity contribution in [3.63, 3.8) is 0 Å². The lowest BCUT2D eigenvalue weighted by molar-refractivity contribution is -0.121. The number of benzene rings is 2. The molecule has 170 valence electrons. The van der Waals surface area contributed by atoms with Crippen LogP contribution in [-0.4, -0.2) is 37.6 Å². The first-order valence-corrected chi connectivity index (χ1v) is 12.6. The Kier molecular flexibility index (Phi) is 6.55. The summed E-state index contributed by atoms with van der Waals surface area (Å²) in [6.07, 6.45) is 3.91. The molecule has 2 amide bonds. The highest BCUT2D eigenvalue weighted by molar-refractivity contribution is 7.89. The van der Waals surface area contributed by atoms with Gasteiger partial charge >= 0.3 is 0 Å². The van der Waals surface area contributed by atoms with Crippen molar-refractivity contribution in [1.29, 1.82) is 0 Å². The summed E-state index contributed by atoms with van der Waals surface area (Å²) in [7, 11) is -3.56. The highest BCUT2D eigenvalue weighted by Gasteiger charge is 2.32. The monoisotopic (exact) mass is 475 g/mol. The quantitative estimate of drug-likeness (QED) is 0.687. The summed E-state index contributed by atoms with van der Waals surface area (Å²) in [6, 6.07) is 10.3. The van der Waals surface area contributed by atoms with Crippen LogP contribution < -0.4 is 10.6 Å². The van der Waals surface area contributed by atoms with Crippen LogP contribution in [0.2, 0.25) is 5.02 Å². The zero-order valence-corrected chi connectivity index (χ0v) is 19.4. The lowest BCUT2D eigenvalue weighted by Gasteiger charge is -2.30. The largest absolute Gasteiger partial charge is 0.326 e. The van der Waals surface area contributed by atoms with Gasteiger partial charge < -0.3 is 10.6 Å². The first-order chi connectivity index (χ1) is 15.2. The molecule has 1 aliphatic carbocycles. The number of nitrogens with zero attached hydrogens (tertiary/aromatic N) is 1. The number of rotatable bonds is 5. The Labute approximate surface area is 193 Å². The highest BCUT2D eigenvalue weighted by Crippen LogP contribution is 2.30. The van der Waals surface area contributed by atoms with Crippen LogP contribution in [0.4, 0.5) is 11.4 Å². The zero-order chi connectivity index (χ0) is 22.9. The Hall–Kier alpha value is -2.42. The number of piperidine rings is 1. The number of hydrogen-bond donors (Lipinski definition) is 2. The number of carbonyl (C=O) groups excluding carboxylic acids is 2. The van der Waals surface area contributed by atoms with Gasteiger partial charge in [0.2, 0.25) is 21.8 Å². The van der Waals surface area contributed by atoms with Crippen LogP contribution >= 0.6 is 11.6 Å². The second-order valence-electron chi connectivity index (χ2n) is 8.33. The molecular formula is C23H26ClN3O4S. The smallest absolute Gasteiger partial charge is 0.243 e. The van der Waals surface area contributed by atoms with Crippen LogP contribution in [0, 0.1) is 5.92 Å². The third kappa shape index (κ3) is 4.82. The molecule has 1 saturated heterocycles. The van der Waals surface area contributed by atoms with E-state index in [1.54, 1.807) is 24.3 Å². The van der Waals surface area contributed by atoms with E-state index in [0.717, 1.165) is 24.8 Å². The van der Waals surface area contributed by atoms with Gasteiger partial charge in [0.1, 0.15) is 0 Å². The van der Waals surface area contributed by atoms with Crippen molar-refractivity contribution >= 4 is 44.8 Å². The third-order valence-corrected chi connectivity index (χ3v) is 8.29. The predicted octanol–water partition coefficient (Wildman–Crippen LogP) is 3.83. The molecule has 0 spiro atoms. The number of hydrogen-bond acceptors (Lipinski definition) is 4. The topological polar surface area (TPSA) is 95.6 Å². The van der Waals surface area contributed by atoms with Crippen LogP contribution in [0.25, 0.3) is 0 Å². The van der Waals surface area contributed by atoms with Gasteiger partial charge in [-0.2, -0.15) is 4.31 Å². The first kappa shape index (κ1) is 22.8. The molecule has 0 aromatic heterocycles. The molecular weight excluding hydrogens is 450 g/mol. The number of halogens is 1. The van der Waals surface area contributed by atoms with E-state index in [-0.39, 0.29) is 17.7 Å². The van der Waals surface area contributed by atoms with Crippen molar-refractivity contribution < 1.29 is 18.0 Å². The fourth-order valence-electron chi connectivity index (χ4n) is 4.34. The summed E-state index contributed by atoms with van der Waals surface area (Å²) in [5.74, 6) is -0.677. The van der Waals surface area contributed by atoms with Crippen LogP contribution in [-0.2, 0) is 32.5 Å². The van der Waals surface area contributed by atoms with E-state index < -0.39 is 10.0 Å². The maximum atomic E-state index is 13.1. The molecule has 9 heteroatoms. The highest BCUT2D eigenvalue weighted by atomic mass is 35.5. The fourth-order valence-corrected chi connectivity index (χ4v) is 6.09. The van der Waals surface area contributed by atoms with Gasteiger partial charge in [0.25, 0.3) is 0 Å². The maximum absolute atomic E-state index is 13.1. The van der Waals surface area contributed by atoms with Crippen molar-refractivity contribution in [2.45, 2.75) is 43.9 Å². The van der Waals surface area contributed by atoms with Crippen LogP contribution in [0.15, 0.2) is 41.3 Å². The van der Waals surface area contributed by atoms with E-state index in [0.29, 0.717) is 47.2 Å². The number of fused-ring (bicyclic) bond motifs is 1. The van der Waals surface area contributed by atoms with Gasteiger partial charge in [-0.3, -0.25) is 9.59 Å². The second-order valence-corrected chi connectivity index (χ2v) is 10.7. The normalized spacial score (nSPS) is 17.1. The molecule has 2 aliphatic rings. The molecule has 0 bridgehead atoms. The fraction of sp³-hybridized carbons (Fsp3) is 0.391. The van der Waals surface area contributed by atoms with Crippen LogP contribution in [0.5, 0.6) is 0 Å². The van der Waals surface area contributed by atoms with E-state index in [1.165, 1.54) is 16.8 Å². The molecule has 4 rings (SSSR count). The summed E-state index contributed by atoms with van der Waals surface area (Å²) in [5.41, 5.74) is 3.37. The summed E-state index contributed by atoms with van der Waals surface area (Å²) in [4.78, 5) is 24.2. The number of anilines is 2. The minimum Gasteiger partial charge on any atom is -0.326 e. The minimum absolute atomic E-state index is 0.164. The van der Waals surface area contributed by atoms with E-state index in [1.807, 2.05) is 12.1 Å².